The van der Waals surface area contributed by atoms with Gasteiger partial charge in [0, 0.05) is 12.7 Å². The highest BCUT2D eigenvalue weighted by Gasteiger charge is 2.17. The number of rotatable bonds is 2. The summed E-state index contributed by atoms with van der Waals surface area (Å²) >= 11 is 0. The van der Waals surface area contributed by atoms with Gasteiger partial charge in [-0.1, -0.05) is 39.0 Å². The van der Waals surface area contributed by atoms with Crippen LogP contribution in [-0.4, -0.2) is 12.0 Å². The molecule has 3 nitrogen and oxygen atoms in total. The lowest BCUT2D eigenvalue weighted by molar-refractivity contribution is 0.590. The molecule has 0 spiro atoms. The van der Waals surface area contributed by atoms with Gasteiger partial charge in [-0.3, -0.25) is 0 Å². The van der Waals surface area contributed by atoms with Gasteiger partial charge in [0.25, 0.3) is 0 Å². The van der Waals surface area contributed by atoms with Gasteiger partial charge in [-0.15, -0.1) is 0 Å². The van der Waals surface area contributed by atoms with Gasteiger partial charge < -0.3 is 9.73 Å². The standard InChI is InChI=1S/C18H20N2O/c1-18(2,3)12-9-10-16-15(11-12)20-17(21-16)13-7-5-6-8-14(13)19-4/h5-11,19H,1-4H3. The Labute approximate surface area is 125 Å². The maximum Gasteiger partial charge on any atom is 0.229 e. The van der Waals surface area contributed by atoms with Gasteiger partial charge in [0.05, 0.1) is 5.56 Å². The van der Waals surface area contributed by atoms with Crippen molar-refractivity contribution in [3.8, 4) is 11.5 Å². The maximum atomic E-state index is 5.91. The smallest absolute Gasteiger partial charge is 0.229 e. The van der Waals surface area contributed by atoms with Gasteiger partial charge in [0.1, 0.15) is 5.52 Å². The predicted octanol–water partition coefficient (Wildman–Crippen LogP) is 4.83. The number of benzene rings is 2. The lowest BCUT2D eigenvalue weighted by Gasteiger charge is -2.18. The Kier molecular flexibility index (Phi) is 3.20. The monoisotopic (exact) mass is 280 g/mol. The van der Waals surface area contributed by atoms with Crippen LogP contribution >= 0.6 is 0 Å². The second kappa shape index (κ2) is 4.92. The van der Waals surface area contributed by atoms with Crippen LogP contribution < -0.4 is 5.32 Å². The van der Waals surface area contributed by atoms with Gasteiger partial charge in [-0.05, 0) is 35.2 Å². The average molecular weight is 280 g/mol. The first-order valence-electron chi connectivity index (χ1n) is 7.17. The minimum Gasteiger partial charge on any atom is -0.436 e. The van der Waals surface area contributed by atoms with Crippen molar-refractivity contribution in [2.75, 3.05) is 12.4 Å². The van der Waals surface area contributed by atoms with Crippen molar-refractivity contribution in [2.24, 2.45) is 0 Å². The van der Waals surface area contributed by atoms with Crippen molar-refractivity contribution < 1.29 is 4.42 Å². The Hall–Kier alpha value is -2.29. The molecule has 1 aromatic heterocycles. The third kappa shape index (κ3) is 2.51. The van der Waals surface area contributed by atoms with Crippen LogP contribution in [0.5, 0.6) is 0 Å². The van der Waals surface area contributed by atoms with Crippen LogP contribution in [0.2, 0.25) is 0 Å². The number of fused-ring (bicyclic) bond motifs is 1. The van der Waals surface area contributed by atoms with Crippen LogP contribution in [0.25, 0.3) is 22.6 Å². The summed E-state index contributed by atoms with van der Waals surface area (Å²) in [7, 11) is 1.90. The third-order valence-corrected chi connectivity index (χ3v) is 3.68. The molecular weight excluding hydrogens is 260 g/mol. The molecular formula is C18H20N2O. The highest BCUT2D eigenvalue weighted by molar-refractivity contribution is 5.80. The number of nitrogens with one attached hydrogen (secondary N) is 1. The molecule has 0 fully saturated rings. The largest absolute Gasteiger partial charge is 0.436 e. The van der Waals surface area contributed by atoms with Gasteiger partial charge in [-0.25, -0.2) is 4.98 Å². The fourth-order valence-electron chi connectivity index (χ4n) is 2.40. The molecule has 2 aromatic carbocycles. The molecule has 0 saturated carbocycles. The molecule has 0 radical (unpaired) electrons. The topological polar surface area (TPSA) is 38.1 Å². The van der Waals surface area contributed by atoms with E-state index < -0.39 is 0 Å². The van der Waals surface area contributed by atoms with Gasteiger partial charge in [0.15, 0.2) is 5.58 Å². The minimum absolute atomic E-state index is 0.107. The van der Waals surface area contributed by atoms with Crippen LogP contribution in [-0.2, 0) is 5.41 Å². The molecule has 0 saturated heterocycles. The molecule has 1 heterocycles. The summed E-state index contributed by atoms with van der Waals surface area (Å²) in [4.78, 5) is 4.66. The number of hydrogen-bond donors (Lipinski definition) is 1. The number of oxazole rings is 1. The SMILES string of the molecule is CNc1ccccc1-c1nc2cc(C(C)(C)C)ccc2o1. The minimum atomic E-state index is 0.107. The third-order valence-electron chi connectivity index (χ3n) is 3.68. The Morgan fingerprint density at radius 2 is 1.81 bits per heavy atom. The van der Waals surface area contributed by atoms with E-state index >= 15 is 0 Å². The first-order chi connectivity index (χ1) is 9.99. The van der Waals surface area contributed by atoms with E-state index in [-0.39, 0.29) is 5.41 Å². The second-order valence-electron chi connectivity index (χ2n) is 6.25. The normalized spacial score (nSPS) is 11.8. The predicted molar refractivity (Wildman–Crippen MR) is 87.7 cm³/mol. The molecule has 0 atom stereocenters. The molecule has 0 aliphatic heterocycles. The van der Waals surface area contributed by atoms with Crippen molar-refractivity contribution in [1.82, 2.24) is 4.98 Å². The summed E-state index contributed by atoms with van der Waals surface area (Å²) in [5, 5.41) is 3.17. The number of nitrogens with zero attached hydrogens (tertiary/aromatic N) is 1. The quantitative estimate of drug-likeness (QED) is 0.730. The van der Waals surface area contributed by atoms with Crippen molar-refractivity contribution in [3.05, 3.63) is 48.0 Å². The first kappa shape index (κ1) is 13.7. The second-order valence-corrected chi connectivity index (χ2v) is 6.25. The van der Waals surface area contributed by atoms with E-state index in [9.17, 15) is 0 Å². The molecule has 3 heteroatoms. The van der Waals surface area contributed by atoms with E-state index in [1.807, 2.05) is 37.4 Å². The van der Waals surface area contributed by atoms with Crippen molar-refractivity contribution in [3.63, 3.8) is 0 Å². The molecule has 108 valence electrons. The van der Waals surface area contributed by atoms with Crippen molar-refractivity contribution in [1.29, 1.82) is 0 Å². The van der Waals surface area contributed by atoms with Crippen LogP contribution in [0.1, 0.15) is 26.3 Å². The number of aromatic nitrogens is 1. The van der Waals surface area contributed by atoms with E-state index in [4.69, 9.17) is 4.42 Å². The Bertz CT molecular complexity index is 781. The van der Waals surface area contributed by atoms with Crippen LogP contribution in [0.15, 0.2) is 46.9 Å². The first-order valence-corrected chi connectivity index (χ1v) is 7.17. The molecule has 0 bridgehead atoms. The van der Waals surface area contributed by atoms with Crippen LogP contribution in [0.3, 0.4) is 0 Å². The zero-order valence-electron chi connectivity index (χ0n) is 12.9. The highest BCUT2D eigenvalue weighted by atomic mass is 16.3. The van der Waals surface area contributed by atoms with E-state index in [1.165, 1.54) is 5.56 Å². The van der Waals surface area contributed by atoms with Crippen molar-refractivity contribution in [2.45, 2.75) is 26.2 Å². The maximum absolute atomic E-state index is 5.91. The summed E-state index contributed by atoms with van der Waals surface area (Å²) in [6.07, 6.45) is 0. The molecule has 3 aromatic rings. The summed E-state index contributed by atoms with van der Waals surface area (Å²) in [5.41, 5.74) is 5.09. The molecule has 0 aliphatic carbocycles. The van der Waals surface area contributed by atoms with Crippen LogP contribution in [0.4, 0.5) is 5.69 Å². The van der Waals surface area contributed by atoms with Crippen molar-refractivity contribution >= 4 is 16.8 Å². The van der Waals surface area contributed by atoms with Gasteiger partial charge in [0.2, 0.25) is 5.89 Å². The number of hydrogen-bond acceptors (Lipinski definition) is 3. The zero-order valence-corrected chi connectivity index (χ0v) is 12.9. The molecule has 3 rings (SSSR count). The highest BCUT2D eigenvalue weighted by Crippen LogP contribution is 2.32. The van der Waals surface area contributed by atoms with E-state index in [0.717, 1.165) is 22.4 Å². The summed E-state index contributed by atoms with van der Waals surface area (Å²) in [5.74, 6) is 0.654. The average Bonchev–Trinajstić information content (AvgIpc) is 2.89. The van der Waals surface area contributed by atoms with E-state index in [1.54, 1.807) is 0 Å². The van der Waals surface area contributed by atoms with Gasteiger partial charge >= 0.3 is 0 Å². The molecule has 21 heavy (non-hydrogen) atoms. The Balaban J connectivity index is 2.13. The summed E-state index contributed by atoms with van der Waals surface area (Å²) in [6, 6.07) is 14.3. The summed E-state index contributed by atoms with van der Waals surface area (Å²) in [6.45, 7) is 6.60. The fraction of sp³-hybridized carbons (Fsp3) is 0.278. The Morgan fingerprint density at radius 1 is 1.05 bits per heavy atom. The molecule has 1 N–H and O–H groups in total. The fourth-order valence-corrected chi connectivity index (χ4v) is 2.40. The molecule has 0 amide bonds. The lowest BCUT2D eigenvalue weighted by Crippen LogP contribution is -2.10. The van der Waals surface area contributed by atoms with E-state index in [0.29, 0.717) is 5.89 Å². The lowest BCUT2D eigenvalue weighted by atomic mass is 9.87. The molecule has 0 aliphatic rings. The number of anilines is 1. The van der Waals surface area contributed by atoms with Gasteiger partial charge in [-0.2, -0.15) is 0 Å². The zero-order chi connectivity index (χ0) is 15.0. The van der Waals surface area contributed by atoms with E-state index in [2.05, 4.69) is 43.2 Å². The molecule has 0 unspecified atom stereocenters. The van der Waals surface area contributed by atoms with Crippen LogP contribution in [0, 0.1) is 0 Å². The number of para-hydroxylation sites is 1. The Morgan fingerprint density at radius 3 is 2.52 bits per heavy atom. The summed E-state index contributed by atoms with van der Waals surface area (Å²) < 4.78 is 5.91.